The molecular weight excluding hydrogens is 336 g/mol. The summed E-state index contributed by atoms with van der Waals surface area (Å²) in [4.78, 5) is 25.6. The summed E-state index contributed by atoms with van der Waals surface area (Å²) in [6.45, 7) is 3.19. The Labute approximate surface area is 148 Å². The molecule has 117 valence electrons. The second-order valence-electron chi connectivity index (χ2n) is 5.01. The van der Waals surface area contributed by atoms with Crippen LogP contribution in [0, 0.1) is 23.6 Å². The summed E-state index contributed by atoms with van der Waals surface area (Å²) in [6.07, 6.45) is 0. The van der Waals surface area contributed by atoms with Crippen molar-refractivity contribution >= 4 is 17.5 Å². The number of imide groups is 1. The molecule has 2 amide bonds. The number of anilines is 1. The van der Waals surface area contributed by atoms with Crippen molar-refractivity contribution < 1.29 is 40.1 Å². The molecule has 0 bridgehead atoms. The number of rotatable bonds is 3. The van der Waals surface area contributed by atoms with Crippen molar-refractivity contribution in [1.29, 1.82) is 0 Å². The van der Waals surface area contributed by atoms with Crippen LogP contribution in [0.4, 0.5) is 14.5 Å². The molecule has 0 aliphatic carbocycles. The number of hydrogen-bond donors (Lipinski definition) is 0. The smallest absolute Gasteiger partial charge is 0.265 e. The van der Waals surface area contributed by atoms with Gasteiger partial charge in [-0.25, -0.2) is 13.7 Å². The van der Waals surface area contributed by atoms with E-state index in [1.165, 1.54) is 12.1 Å². The van der Waals surface area contributed by atoms with Crippen molar-refractivity contribution in [3.63, 3.8) is 0 Å². The number of amides is 2. The summed E-state index contributed by atoms with van der Waals surface area (Å²) in [5.41, 5.74) is -0.0748. The van der Waals surface area contributed by atoms with Crippen molar-refractivity contribution in [2.75, 3.05) is 4.90 Å². The second kappa shape index (κ2) is 8.13. The van der Waals surface area contributed by atoms with E-state index < -0.39 is 29.4 Å². The van der Waals surface area contributed by atoms with Crippen LogP contribution in [0.15, 0.2) is 42.5 Å². The third-order valence-electron chi connectivity index (χ3n) is 3.02. The Bertz CT molecular complexity index is 705. The van der Waals surface area contributed by atoms with Crippen LogP contribution < -0.4 is 4.90 Å². The number of carbonyl (C=O) groups is 2. The van der Waals surface area contributed by atoms with Crippen LogP contribution in [0.25, 0.3) is 0 Å². The predicted molar refractivity (Wildman–Crippen MR) is 78.3 cm³/mol. The summed E-state index contributed by atoms with van der Waals surface area (Å²) >= 11 is 0. The number of benzene rings is 2. The Balaban J connectivity index is 0.00000264. The van der Waals surface area contributed by atoms with Gasteiger partial charge >= 0.3 is 0 Å². The van der Waals surface area contributed by atoms with Crippen LogP contribution in [-0.2, 0) is 26.5 Å². The van der Waals surface area contributed by atoms with Crippen LogP contribution in [0.5, 0.6) is 0 Å². The Morgan fingerprint density at radius 1 is 1.04 bits per heavy atom. The van der Waals surface area contributed by atoms with Gasteiger partial charge in [0.15, 0.2) is 5.82 Å². The third kappa shape index (κ3) is 4.33. The zero-order valence-electron chi connectivity index (χ0n) is 12.6. The predicted octanol–water partition coefficient (Wildman–Crippen LogP) is 3.59. The van der Waals surface area contributed by atoms with Crippen molar-refractivity contribution in [3.8, 4) is 0 Å². The van der Waals surface area contributed by atoms with Crippen LogP contribution in [-0.4, -0.2) is 11.8 Å². The molecule has 0 spiro atoms. The Hall–Kier alpha value is -1.85. The minimum atomic E-state index is -1.08. The SMILES string of the molecule is CC(C)C(=O)N(C(=O)c1ccccc1)c1ccc(F)[c]c1F.[Ti]. The number of carbonyl (C=O) groups excluding carboxylic acids is 2. The standard InChI is InChI=1S/C17H14F2NO2.Ti/c1-11(2)16(21)20(15-9-8-13(18)10-14(15)19)17(22)12-6-4-3-5-7-12;/h3-9,11H,1-2H3;. The maximum absolute atomic E-state index is 14.0. The summed E-state index contributed by atoms with van der Waals surface area (Å²) < 4.78 is 27.0. The minimum absolute atomic E-state index is 0. The first-order chi connectivity index (χ1) is 10.4. The van der Waals surface area contributed by atoms with Crippen LogP contribution in [0.2, 0.25) is 0 Å². The summed E-state index contributed by atoms with van der Waals surface area (Å²) in [5, 5.41) is 0. The first-order valence-corrected chi connectivity index (χ1v) is 6.72. The first kappa shape index (κ1) is 19.2. The van der Waals surface area contributed by atoms with E-state index in [1.807, 2.05) is 6.07 Å². The third-order valence-corrected chi connectivity index (χ3v) is 3.02. The monoisotopic (exact) mass is 350 g/mol. The van der Waals surface area contributed by atoms with E-state index in [-0.39, 0.29) is 33.0 Å². The molecule has 0 heterocycles. The van der Waals surface area contributed by atoms with E-state index in [1.54, 1.807) is 32.0 Å². The first-order valence-electron chi connectivity index (χ1n) is 6.72. The molecule has 0 aromatic heterocycles. The maximum Gasteiger partial charge on any atom is 0.265 e. The van der Waals surface area contributed by atoms with Gasteiger partial charge in [0.05, 0.1) is 11.8 Å². The number of halogens is 2. The summed E-state index contributed by atoms with van der Waals surface area (Å²) in [6, 6.07) is 11.9. The molecule has 2 aromatic rings. The average molecular weight is 350 g/mol. The molecule has 0 aliphatic heterocycles. The van der Waals surface area contributed by atoms with Gasteiger partial charge in [-0.05, 0) is 24.3 Å². The van der Waals surface area contributed by atoms with Gasteiger partial charge in [0.2, 0.25) is 5.91 Å². The van der Waals surface area contributed by atoms with E-state index in [2.05, 4.69) is 0 Å². The molecule has 23 heavy (non-hydrogen) atoms. The Kier molecular flexibility index (Phi) is 6.79. The molecule has 0 unspecified atom stereocenters. The maximum atomic E-state index is 14.0. The molecule has 0 N–H and O–H groups in total. The van der Waals surface area contributed by atoms with Crippen molar-refractivity contribution in [2.45, 2.75) is 13.8 Å². The van der Waals surface area contributed by atoms with Gasteiger partial charge in [0.25, 0.3) is 5.91 Å². The Morgan fingerprint density at radius 3 is 2.17 bits per heavy atom. The number of hydrogen-bond acceptors (Lipinski definition) is 2. The quantitative estimate of drug-likeness (QED) is 0.794. The van der Waals surface area contributed by atoms with Crippen LogP contribution >= 0.6 is 0 Å². The van der Waals surface area contributed by atoms with Gasteiger partial charge in [-0.3, -0.25) is 9.59 Å². The molecule has 0 aliphatic rings. The van der Waals surface area contributed by atoms with Gasteiger partial charge in [0, 0.05) is 33.2 Å². The van der Waals surface area contributed by atoms with Crippen LogP contribution in [0.3, 0.4) is 0 Å². The fourth-order valence-corrected chi connectivity index (χ4v) is 1.90. The van der Waals surface area contributed by atoms with E-state index in [0.717, 1.165) is 17.0 Å². The fourth-order valence-electron chi connectivity index (χ4n) is 1.90. The van der Waals surface area contributed by atoms with E-state index in [9.17, 15) is 18.4 Å². The topological polar surface area (TPSA) is 37.4 Å². The summed E-state index contributed by atoms with van der Waals surface area (Å²) in [5.74, 6) is -3.76. The normalized spacial score (nSPS) is 10.1. The molecular formula is C17H14F2NO2Ti. The number of nitrogens with zero attached hydrogens (tertiary/aromatic N) is 1. The van der Waals surface area contributed by atoms with Crippen molar-refractivity contribution in [3.05, 3.63) is 65.7 Å². The molecule has 0 atom stereocenters. The summed E-state index contributed by atoms with van der Waals surface area (Å²) in [7, 11) is 0. The van der Waals surface area contributed by atoms with Gasteiger partial charge in [0.1, 0.15) is 5.82 Å². The zero-order valence-corrected chi connectivity index (χ0v) is 14.2. The van der Waals surface area contributed by atoms with Gasteiger partial charge < -0.3 is 0 Å². The average Bonchev–Trinajstić information content (AvgIpc) is 2.50. The molecule has 0 fully saturated rings. The molecule has 2 rings (SSSR count). The van der Waals surface area contributed by atoms with Crippen molar-refractivity contribution in [2.24, 2.45) is 5.92 Å². The van der Waals surface area contributed by atoms with E-state index in [4.69, 9.17) is 0 Å². The molecule has 6 heteroatoms. The molecule has 2 aromatic carbocycles. The molecule has 1 radical (unpaired) electrons. The zero-order chi connectivity index (χ0) is 16.3. The van der Waals surface area contributed by atoms with Crippen LogP contribution in [0.1, 0.15) is 24.2 Å². The van der Waals surface area contributed by atoms with Crippen molar-refractivity contribution in [1.82, 2.24) is 0 Å². The molecule has 3 nitrogen and oxygen atoms in total. The van der Waals surface area contributed by atoms with E-state index >= 15 is 0 Å². The van der Waals surface area contributed by atoms with Gasteiger partial charge in [-0.2, -0.15) is 0 Å². The second-order valence-corrected chi connectivity index (χ2v) is 5.01. The molecule has 0 saturated heterocycles. The van der Waals surface area contributed by atoms with E-state index in [0.29, 0.717) is 0 Å². The Morgan fingerprint density at radius 2 is 1.65 bits per heavy atom. The molecule has 0 saturated carbocycles. The van der Waals surface area contributed by atoms with Gasteiger partial charge in [-0.15, -0.1) is 0 Å². The van der Waals surface area contributed by atoms with Gasteiger partial charge in [-0.1, -0.05) is 32.0 Å². The fraction of sp³-hybridized carbons (Fsp3) is 0.176. The largest absolute Gasteiger partial charge is 0.274 e. The minimum Gasteiger partial charge on any atom is -0.274 e.